The molecular weight excluding hydrogens is 711 g/mol. The van der Waals surface area contributed by atoms with Gasteiger partial charge >= 0.3 is 0 Å². The van der Waals surface area contributed by atoms with Crippen LogP contribution in [0.3, 0.4) is 0 Å². The predicted octanol–water partition coefficient (Wildman–Crippen LogP) is 14.3. The van der Waals surface area contributed by atoms with Crippen LogP contribution in [-0.2, 0) is 0 Å². The lowest BCUT2D eigenvalue weighted by molar-refractivity contribution is 0.669. The van der Waals surface area contributed by atoms with Crippen molar-refractivity contribution >= 4 is 65.4 Å². The maximum Gasteiger partial charge on any atom is 0.167 e. The van der Waals surface area contributed by atoms with Gasteiger partial charge in [-0.3, -0.25) is 0 Å². The zero-order valence-corrected chi connectivity index (χ0v) is 31.1. The van der Waals surface area contributed by atoms with Crippen LogP contribution in [0.4, 0.5) is 0 Å². The molecule has 0 saturated carbocycles. The Labute approximate surface area is 332 Å². The van der Waals surface area contributed by atoms with E-state index in [9.17, 15) is 0 Å². The van der Waals surface area contributed by atoms with Crippen LogP contribution in [0.15, 0.2) is 197 Å². The third-order valence-electron chi connectivity index (χ3n) is 11.3. The number of benzene rings is 9. The van der Waals surface area contributed by atoms with Gasteiger partial charge in [0.1, 0.15) is 22.3 Å². The lowest BCUT2D eigenvalue weighted by Gasteiger charge is -2.14. The van der Waals surface area contributed by atoms with E-state index in [1.165, 1.54) is 5.39 Å². The van der Waals surface area contributed by atoms with Crippen LogP contribution in [0.2, 0.25) is 0 Å². The van der Waals surface area contributed by atoms with Crippen molar-refractivity contribution in [3.8, 4) is 56.4 Å². The molecule has 0 unspecified atom stereocenters. The zero-order valence-electron chi connectivity index (χ0n) is 31.1. The molecule has 0 atom stereocenters. The normalized spacial score (nSPS) is 11.8. The molecular formula is C53H31N3O2. The van der Waals surface area contributed by atoms with Crippen molar-refractivity contribution in [2.75, 3.05) is 0 Å². The van der Waals surface area contributed by atoms with E-state index in [4.69, 9.17) is 23.8 Å². The fourth-order valence-electron chi connectivity index (χ4n) is 8.67. The second-order valence-corrected chi connectivity index (χ2v) is 14.7. The minimum absolute atomic E-state index is 0.548. The van der Waals surface area contributed by atoms with E-state index in [0.717, 1.165) is 99.0 Å². The summed E-state index contributed by atoms with van der Waals surface area (Å²) in [5.74, 6) is 1.72. The highest BCUT2D eigenvalue weighted by atomic mass is 16.3. The smallest absolute Gasteiger partial charge is 0.167 e. The zero-order chi connectivity index (χ0) is 38.2. The van der Waals surface area contributed by atoms with Gasteiger partial charge in [-0.1, -0.05) is 158 Å². The molecule has 0 saturated heterocycles. The molecule has 12 aromatic rings. The molecule has 9 aromatic carbocycles. The van der Waals surface area contributed by atoms with E-state index in [1.54, 1.807) is 0 Å². The highest BCUT2D eigenvalue weighted by molar-refractivity contribution is 6.16. The summed E-state index contributed by atoms with van der Waals surface area (Å²) in [7, 11) is 0. The lowest BCUT2D eigenvalue weighted by Crippen LogP contribution is -2.01. The Morgan fingerprint density at radius 2 is 0.914 bits per heavy atom. The first-order valence-corrected chi connectivity index (χ1v) is 19.4. The molecule has 0 radical (unpaired) electrons. The van der Waals surface area contributed by atoms with Crippen molar-refractivity contribution in [2.45, 2.75) is 0 Å². The summed E-state index contributed by atoms with van der Waals surface area (Å²) in [6.45, 7) is 0. The first-order valence-electron chi connectivity index (χ1n) is 19.4. The first-order chi connectivity index (χ1) is 28.7. The van der Waals surface area contributed by atoms with E-state index >= 15 is 0 Å². The molecule has 3 heterocycles. The summed E-state index contributed by atoms with van der Waals surface area (Å²) in [6.07, 6.45) is 0. The standard InChI is InChI=1S/C53H31N3O2/c1-2-13-32(14-3-1)37-29-30-47-49(42-20-9-11-24-46(42)57-47)48(37)33-25-27-34(28-26-33)51-54-52(43-22-12-21-41-40-19-8-10-23-45(40)58-50(41)43)56-53(55-51)44-31-35-15-4-5-16-36(35)38-17-6-7-18-39(38)44/h1-31H. The summed E-state index contributed by atoms with van der Waals surface area (Å²) in [5.41, 5.74) is 10.4. The molecule has 12 rings (SSSR count). The highest BCUT2D eigenvalue weighted by Crippen LogP contribution is 2.44. The molecule has 0 amide bonds. The van der Waals surface area contributed by atoms with Crippen LogP contribution in [0, 0.1) is 0 Å². The summed E-state index contributed by atoms with van der Waals surface area (Å²) < 4.78 is 12.9. The van der Waals surface area contributed by atoms with Crippen molar-refractivity contribution in [1.82, 2.24) is 15.0 Å². The molecule has 58 heavy (non-hydrogen) atoms. The molecule has 5 nitrogen and oxygen atoms in total. The number of nitrogens with zero attached hydrogens (tertiary/aromatic N) is 3. The molecule has 0 N–H and O–H groups in total. The Kier molecular flexibility index (Phi) is 7.16. The Hall–Kier alpha value is -7.89. The summed E-state index contributed by atoms with van der Waals surface area (Å²) in [5, 5.41) is 8.80. The van der Waals surface area contributed by atoms with Crippen molar-refractivity contribution in [3.63, 3.8) is 0 Å². The van der Waals surface area contributed by atoms with Gasteiger partial charge < -0.3 is 8.83 Å². The quantitative estimate of drug-likeness (QED) is 0.164. The largest absolute Gasteiger partial charge is 0.456 e. The molecule has 0 spiro atoms. The minimum Gasteiger partial charge on any atom is -0.456 e. The number of hydrogen-bond donors (Lipinski definition) is 0. The second kappa shape index (κ2) is 12.8. The van der Waals surface area contributed by atoms with Gasteiger partial charge in [0.2, 0.25) is 0 Å². The van der Waals surface area contributed by atoms with E-state index in [2.05, 4.69) is 146 Å². The highest BCUT2D eigenvalue weighted by Gasteiger charge is 2.21. The number of furan rings is 2. The average Bonchev–Trinajstić information content (AvgIpc) is 3.87. The first kappa shape index (κ1) is 32.4. The lowest BCUT2D eigenvalue weighted by atomic mass is 9.90. The number of fused-ring (bicyclic) bond motifs is 9. The summed E-state index contributed by atoms with van der Waals surface area (Å²) >= 11 is 0. The number of para-hydroxylation sites is 3. The van der Waals surface area contributed by atoms with Gasteiger partial charge in [-0.2, -0.15) is 0 Å². The maximum atomic E-state index is 6.52. The van der Waals surface area contributed by atoms with E-state index in [0.29, 0.717) is 17.5 Å². The van der Waals surface area contributed by atoms with E-state index in [1.807, 2.05) is 42.5 Å². The predicted molar refractivity (Wildman–Crippen MR) is 237 cm³/mol. The van der Waals surface area contributed by atoms with Gasteiger partial charge in [0.25, 0.3) is 0 Å². The maximum absolute atomic E-state index is 6.52. The molecule has 3 aromatic heterocycles. The van der Waals surface area contributed by atoms with Crippen LogP contribution in [0.1, 0.15) is 0 Å². The third kappa shape index (κ3) is 5.07. The second-order valence-electron chi connectivity index (χ2n) is 14.7. The van der Waals surface area contributed by atoms with Crippen LogP contribution in [0.5, 0.6) is 0 Å². The number of hydrogen-bond acceptors (Lipinski definition) is 5. The molecule has 0 fully saturated rings. The fraction of sp³-hybridized carbons (Fsp3) is 0. The van der Waals surface area contributed by atoms with Gasteiger partial charge in [-0.05, 0) is 68.6 Å². The van der Waals surface area contributed by atoms with Gasteiger partial charge in [0.15, 0.2) is 17.5 Å². The third-order valence-corrected chi connectivity index (χ3v) is 11.3. The van der Waals surface area contributed by atoms with Crippen LogP contribution in [0.25, 0.3) is 122 Å². The minimum atomic E-state index is 0.548. The SMILES string of the molecule is c1ccc(-c2ccc3oc4ccccc4c3c2-c2ccc(-c3nc(-c4cc5ccccc5c5ccccc45)nc(-c4cccc5c4oc4ccccc45)n3)cc2)cc1. The summed E-state index contributed by atoms with van der Waals surface area (Å²) in [6, 6.07) is 65.1. The van der Waals surface area contributed by atoms with Crippen LogP contribution in [-0.4, -0.2) is 15.0 Å². The van der Waals surface area contributed by atoms with E-state index < -0.39 is 0 Å². The van der Waals surface area contributed by atoms with Crippen LogP contribution >= 0.6 is 0 Å². The van der Waals surface area contributed by atoms with Crippen molar-refractivity contribution in [2.24, 2.45) is 0 Å². The molecule has 0 bridgehead atoms. The van der Waals surface area contributed by atoms with E-state index in [-0.39, 0.29) is 0 Å². The topological polar surface area (TPSA) is 65.0 Å². The van der Waals surface area contributed by atoms with Gasteiger partial charge in [-0.25, -0.2) is 15.0 Å². The van der Waals surface area contributed by atoms with Crippen molar-refractivity contribution in [3.05, 3.63) is 188 Å². The fourth-order valence-corrected chi connectivity index (χ4v) is 8.67. The molecule has 5 heteroatoms. The van der Waals surface area contributed by atoms with Crippen molar-refractivity contribution < 1.29 is 8.83 Å². The molecule has 0 aliphatic carbocycles. The average molecular weight is 742 g/mol. The monoisotopic (exact) mass is 741 g/mol. The Bertz CT molecular complexity index is 3570. The van der Waals surface area contributed by atoms with Crippen molar-refractivity contribution in [1.29, 1.82) is 0 Å². The van der Waals surface area contributed by atoms with Crippen LogP contribution < -0.4 is 0 Å². The number of aromatic nitrogens is 3. The summed E-state index contributed by atoms with van der Waals surface area (Å²) in [4.78, 5) is 15.7. The number of rotatable bonds is 5. The van der Waals surface area contributed by atoms with Gasteiger partial charge in [0, 0.05) is 38.2 Å². The molecule has 270 valence electrons. The molecule has 0 aliphatic heterocycles. The van der Waals surface area contributed by atoms with Gasteiger partial charge in [-0.15, -0.1) is 0 Å². The Morgan fingerprint density at radius 3 is 1.72 bits per heavy atom. The Morgan fingerprint density at radius 1 is 0.310 bits per heavy atom. The van der Waals surface area contributed by atoms with Gasteiger partial charge in [0.05, 0.1) is 5.56 Å². The molecule has 0 aliphatic rings. The Balaban J connectivity index is 1.09.